The van der Waals surface area contributed by atoms with E-state index in [1.54, 1.807) is 0 Å². The molecule has 114 valence electrons. The highest BCUT2D eigenvalue weighted by molar-refractivity contribution is 5.26. The fraction of sp³-hybridized carbons (Fsp3) is 0.455. The number of hydrogen-bond donors (Lipinski definition) is 2. The number of halogens is 7. The average molecular weight is 304 g/mol. The maximum absolute atomic E-state index is 13.3. The molecule has 3 N–H and O–H groups in total. The van der Waals surface area contributed by atoms with Crippen molar-refractivity contribution in [3.05, 3.63) is 35.1 Å². The smallest absolute Gasteiger partial charge is 0.271 e. The lowest BCUT2D eigenvalue weighted by molar-refractivity contribution is -0.292. The Morgan fingerprint density at radius 1 is 1.05 bits per heavy atom. The number of rotatable bonds is 3. The molecule has 0 aliphatic carbocycles. The fourth-order valence-electron chi connectivity index (χ4n) is 1.75. The largest absolute Gasteiger partial charge is 0.402 e. The van der Waals surface area contributed by atoms with Gasteiger partial charge in [-0.1, -0.05) is 12.1 Å². The lowest BCUT2D eigenvalue weighted by Gasteiger charge is -2.30. The molecule has 0 aliphatic rings. The molecule has 0 heterocycles. The third-order valence-electron chi connectivity index (χ3n) is 2.77. The molecule has 1 rings (SSSR count). The van der Waals surface area contributed by atoms with Gasteiger partial charge < -0.3 is 0 Å². The van der Waals surface area contributed by atoms with Gasteiger partial charge in [0.2, 0.25) is 0 Å². The molecule has 0 aliphatic heterocycles. The third kappa shape index (κ3) is 3.60. The molecule has 20 heavy (non-hydrogen) atoms. The highest BCUT2D eigenvalue weighted by Crippen LogP contribution is 2.46. The molecule has 0 aromatic heterocycles. The Morgan fingerprint density at radius 3 is 1.90 bits per heavy atom. The molecule has 0 fully saturated rings. The molecule has 1 atom stereocenters. The number of hydrazine groups is 1. The van der Waals surface area contributed by atoms with Crippen LogP contribution in [0.2, 0.25) is 0 Å². The van der Waals surface area contributed by atoms with Gasteiger partial charge in [-0.25, -0.2) is 4.39 Å². The van der Waals surface area contributed by atoms with Gasteiger partial charge in [-0.3, -0.25) is 11.3 Å². The van der Waals surface area contributed by atoms with E-state index in [0.29, 0.717) is 6.07 Å². The van der Waals surface area contributed by atoms with Crippen molar-refractivity contribution in [1.82, 2.24) is 5.43 Å². The van der Waals surface area contributed by atoms with Crippen molar-refractivity contribution in [1.29, 1.82) is 0 Å². The first kappa shape index (κ1) is 16.7. The van der Waals surface area contributed by atoms with Crippen LogP contribution in [-0.4, -0.2) is 12.4 Å². The van der Waals surface area contributed by atoms with Gasteiger partial charge in [-0.2, -0.15) is 26.3 Å². The standard InChI is InChI=1S/C11H11F7N2/c1-5-2-3-6(4-7(5)12)8(20-19)9(10(13,14)15)11(16,17)18/h2-4,8-9,20H,19H2,1H3. The first-order valence-corrected chi connectivity index (χ1v) is 5.34. The Balaban J connectivity index is 3.30. The van der Waals surface area contributed by atoms with E-state index in [1.165, 1.54) is 12.3 Å². The molecular weight excluding hydrogens is 293 g/mol. The minimum absolute atomic E-state index is 0.0973. The third-order valence-corrected chi connectivity index (χ3v) is 2.77. The maximum atomic E-state index is 13.3. The van der Waals surface area contributed by atoms with Crippen LogP contribution in [0.5, 0.6) is 0 Å². The van der Waals surface area contributed by atoms with Crippen LogP contribution >= 0.6 is 0 Å². The van der Waals surface area contributed by atoms with Crippen molar-refractivity contribution in [3.63, 3.8) is 0 Å². The van der Waals surface area contributed by atoms with E-state index in [9.17, 15) is 30.7 Å². The van der Waals surface area contributed by atoms with Crippen molar-refractivity contribution in [2.45, 2.75) is 25.3 Å². The monoisotopic (exact) mass is 304 g/mol. The molecule has 1 aromatic rings. The van der Waals surface area contributed by atoms with E-state index in [-0.39, 0.29) is 5.56 Å². The predicted molar refractivity (Wildman–Crippen MR) is 56.8 cm³/mol. The zero-order chi connectivity index (χ0) is 15.7. The number of nitrogens with one attached hydrogen (secondary N) is 1. The van der Waals surface area contributed by atoms with Crippen molar-refractivity contribution in [2.24, 2.45) is 11.8 Å². The van der Waals surface area contributed by atoms with Crippen LogP contribution in [0.25, 0.3) is 0 Å². The van der Waals surface area contributed by atoms with E-state index in [0.717, 1.165) is 12.1 Å². The maximum Gasteiger partial charge on any atom is 0.402 e. The molecule has 1 aromatic carbocycles. The fourth-order valence-corrected chi connectivity index (χ4v) is 1.75. The average Bonchev–Trinajstić information content (AvgIpc) is 2.26. The summed E-state index contributed by atoms with van der Waals surface area (Å²) < 4.78 is 89.0. The quantitative estimate of drug-likeness (QED) is 0.510. The van der Waals surface area contributed by atoms with Gasteiger partial charge in [0.15, 0.2) is 5.92 Å². The van der Waals surface area contributed by atoms with Crippen molar-refractivity contribution in [3.8, 4) is 0 Å². The van der Waals surface area contributed by atoms with E-state index >= 15 is 0 Å². The molecule has 2 nitrogen and oxygen atoms in total. The minimum Gasteiger partial charge on any atom is -0.271 e. The zero-order valence-corrected chi connectivity index (χ0v) is 10.1. The zero-order valence-electron chi connectivity index (χ0n) is 10.1. The number of benzene rings is 1. The van der Waals surface area contributed by atoms with E-state index in [1.807, 2.05) is 0 Å². The lowest BCUT2D eigenvalue weighted by atomic mass is 9.91. The minimum atomic E-state index is -5.57. The first-order valence-electron chi connectivity index (χ1n) is 5.34. The van der Waals surface area contributed by atoms with Crippen LogP contribution in [0.15, 0.2) is 18.2 Å². The summed E-state index contributed by atoms with van der Waals surface area (Å²) in [5.41, 5.74) is 1.04. The second kappa shape index (κ2) is 5.57. The van der Waals surface area contributed by atoms with Crippen LogP contribution in [-0.2, 0) is 0 Å². The molecular formula is C11H11F7N2. The van der Waals surface area contributed by atoms with Gasteiger partial charge in [0, 0.05) is 0 Å². The summed E-state index contributed by atoms with van der Waals surface area (Å²) in [5.74, 6) is 0.169. The van der Waals surface area contributed by atoms with Crippen LogP contribution in [0, 0.1) is 18.7 Å². The topological polar surface area (TPSA) is 38.0 Å². The lowest BCUT2D eigenvalue weighted by Crippen LogP contribution is -2.47. The Labute approximate surface area is 109 Å². The molecule has 0 amide bonds. The van der Waals surface area contributed by atoms with Gasteiger partial charge in [0.25, 0.3) is 0 Å². The van der Waals surface area contributed by atoms with Crippen molar-refractivity contribution < 1.29 is 30.7 Å². The van der Waals surface area contributed by atoms with E-state index in [4.69, 9.17) is 5.84 Å². The highest BCUT2D eigenvalue weighted by atomic mass is 19.4. The second-order valence-corrected chi connectivity index (χ2v) is 4.21. The van der Waals surface area contributed by atoms with E-state index < -0.39 is 35.7 Å². The van der Waals surface area contributed by atoms with Crippen LogP contribution in [0.4, 0.5) is 30.7 Å². The summed E-state index contributed by atoms with van der Waals surface area (Å²) in [4.78, 5) is 0. The summed E-state index contributed by atoms with van der Waals surface area (Å²) in [6.45, 7) is 1.33. The summed E-state index contributed by atoms with van der Waals surface area (Å²) >= 11 is 0. The molecule has 0 saturated heterocycles. The Morgan fingerprint density at radius 2 is 1.55 bits per heavy atom. The highest BCUT2D eigenvalue weighted by Gasteiger charge is 2.60. The first-order chi connectivity index (χ1) is 8.98. The Kier molecular flexibility index (Phi) is 4.65. The molecule has 1 unspecified atom stereocenters. The van der Waals surface area contributed by atoms with Crippen LogP contribution in [0.1, 0.15) is 17.2 Å². The van der Waals surface area contributed by atoms with Crippen LogP contribution in [0.3, 0.4) is 0 Å². The van der Waals surface area contributed by atoms with Gasteiger partial charge in [0.05, 0.1) is 6.04 Å². The molecule has 0 bridgehead atoms. The van der Waals surface area contributed by atoms with Gasteiger partial charge in [-0.05, 0) is 24.1 Å². The Hall–Kier alpha value is -1.35. The van der Waals surface area contributed by atoms with Gasteiger partial charge >= 0.3 is 12.4 Å². The predicted octanol–water partition coefficient (Wildman–Crippen LogP) is 3.38. The van der Waals surface area contributed by atoms with Crippen molar-refractivity contribution in [2.75, 3.05) is 0 Å². The number of aryl methyl sites for hydroxylation is 1. The molecule has 9 heteroatoms. The van der Waals surface area contributed by atoms with E-state index in [2.05, 4.69) is 0 Å². The molecule has 0 radical (unpaired) electrons. The summed E-state index contributed by atoms with van der Waals surface area (Å²) in [6.07, 6.45) is -11.1. The van der Waals surface area contributed by atoms with Gasteiger partial charge in [0.1, 0.15) is 5.82 Å². The summed E-state index contributed by atoms with van der Waals surface area (Å²) in [7, 11) is 0. The Bertz CT molecular complexity index is 453. The summed E-state index contributed by atoms with van der Waals surface area (Å²) in [6, 6.07) is 0.321. The normalized spacial score (nSPS) is 14.7. The van der Waals surface area contributed by atoms with Gasteiger partial charge in [-0.15, -0.1) is 0 Å². The van der Waals surface area contributed by atoms with Crippen molar-refractivity contribution >= 4 is 0 Å². The number of hydrogen-bond acceptors (Lipinski definition) is 2. The SMILES string of the molecule is Cc1ccc(C(NN)C(C(F)(F)F)C(F)(F)F)cc1F. The molecule has 0 saturated carbocycles. The second-order valence-electron chi connectivity index (χ2n) is 4.21. The molecule has 0 spiro atoms. The summed E-state index contributed by atoms with van der Waals surface area (Å²) in [5, 5.41) is 0. The number of alkyl halides is 6. The van der Waals surface area contributed by atoms with Crippen LogP contribution < -0.4 is 11.3 Å². The number of nitrogens with two attached hydrogens (primary N) is 1.